The summed E-state index contributed by atoms with van der Waals surface area (Å²) in [6, 6.07) is 13.1. The summed E-state index contributed by atoms with van der Waals surface area (Å²) in [6.07, 6.45) is 1.90. The SMILES string of the molecule is COC(=O)CC(=O)Nc1ccc2c(c1)C(N1CCCC1)=Nc1ccccc1O2. The van der Waals surface area contributed by atoms with E-state index in [0.717, 1.165) is 43.0 Å². The number of hydrogen-bond acceptors (Lipinski definition) is 6. The average molecular weight is 379 g/mol. The highest BCUT2D eigenvalue weighted by atomic mass is 16.5. The maximum atomic E-state index is 12.1. The van der Waals surface area contributed by atoms with Gasteiger partial charge in [0.2, 0.25) is 5.91 Å². The number of anilines is 1. The van der Waals surface area contributed by atoms with E-state index in [2.05, 4.69) is 15.0 Å². The summed E-state index contributed by atoms with van der Waals surface area (Å²) < 4.78 is 10.6. The smallest absolute Gasteiger partial charge is 0.315 e. The van der Waals surface area contributed by atoms with Crippen molar-refractivity contribution in [2.24, 2.45) is 4.99 Å². The third-order valence-corrected chi connectivity index (χ3v) is 4.75. The number of amides is 1. The van der Waals surface area contributed by atoms with Crippen LogP contribution in [0.5, 0.6) is 11.5 Å². The lowest BCUT2D eigenvalue weighted by Gasteiger charge is -2.21. The lowest BCUT2D eigenvalue weighted by Crippen LogP contribution is -2.28. The highest BCUT2D eigenvalue weighted by Gasteiger charge is 2.25. The van der Waals surface area contributed by atoms with E-state index in [-0.39, 0.29) is 6.42 Å². The molecule has 4 rings (SSSR count). The van der Waals surface area contributed by atoms with Gasteiger partial charge < -0.3 is 19.7 Å². The normalized spacial score (nSPS) is 14.9. The molecular weight excluding hydrogens is 358 g/mol. The number of benzene rings is 2. The van der Waals surface area contributed by atoms with E-state index in [9.17, 15) is 9.59 Å². The molecule has 2 heterocycles. The Morgan fingerprint density at radius 1 is 1.14 bits per heavy atom. The molecule has 144 valence electrons. The molecule has 7 heteroatoms. The highest BCUT2D eigenvalue weighted by molar-refractivity contribution is 6.06. The Kier molecular flexibility index (Phi) is 4.97. The largest absolute Gasteiger partial charge is 0.469 e. The number of aliphatic imine (C=N–C) groups is 1. The Hall–Kier alpha value is -3.35. The predicted octanol–water partition coefficient (Wildman–Crippen LogP) is 3.47. The molecule has 2 aromatic carbocycles. The molecular formula is C21H21N3O4. The number of rotatable bonds is 3. The van der Waals surface area contributed by atoms with Gasteiger partial charge in [0, 0.05) is 18.8 Å². The molecule has 0 atom stereocenters. The number of likely N-dealkylation sites (tertiary alicyclic amines) is 1. The Morgan fingerprint density at radius 3 is 2.71 bits per heavy atom. The van der Waals surface area contributed by atoms with Crippen LogP contribution in [-0.4, -0.2) is 42.8 Å². The zero-order valence-corrected chi connectivity index (χ0v) is 15.6. The average Bonchev–Trinajstić information content (AvgIpc) is 3.17. The number of nitrogens with zero attached hydrogens (tertiary/aromatic N) is 2. The first kappa shape index (κ1) is 18.0. The summed E-state index contributed by atoms with van der Waals surface area (Å²) in [6.45, 7) is 1.86. The molecule has 28 heavy (non-hydrogen) atoms. The molecule has 0 aliphatic carbocycles. The first-order chi connectivity index (χ1) is 13.6. The van der Waals surface area contributed by atoms with Crippen LogP contribution in [0, 0.1) is 0 Å². The Morgan fingerprint density at radius 2 is 1.93 bits per heavy atom. The number of esters is 1. The van der Waals surface area contributed by atoms with Crippen LogP contribution in [0.3, 0.4) is 0 Å². The van der Waals surface area contributed by atoms with E-state index in [0.29, 0.717) is 17.2 Å². The fourth-order valence-electron chi connectivity index (χ4n) is 3.38. The number of ether oxygens (including phenoxy) is 2. The van der Waals surface area contributed by atoms with E-state index in [1.807, 2.05) is 36.4 Å². The number of para-hydroxylation sites is 2. The van der Waals surface area contributed by atoms with Crippen LogP contribution in [0.2, 0.25) is 0 Å². The summed E-state index contributed by atoms with van der Waals surface area (Å²) in [5.41, 5.74) is 2.17. The molecule has 7 nitrogen and oxygen atoms in total. The molecule has 0 aromatic heterocycles. The summed E-state index contributed by atoms with van der Waals surface area (Å²) in [7, 11) is 1.26. The van der Waals surface area contributed by atoms with Gasteiger partial charge >= 0.3 is 5.97 Å². The third kappa shape index (κ3) is 3.69. The van der Waals surface area contributed by atoms with Crippen molar-refractivity contribution in [3.63, 3.8) is 0 Å². The van der Waals surface area contributed by atoms with Crippen molar-refractivity contribution < 1.29 is 19.1 Å². The minimum absolute atomic E-state index is 0.331. The van der Waals surface area contributed by atoms with Crippen LogP contribution < -0.4 is 10.1 Å². The van der Waals surface area contributed by atoms with Crippen molar-refractivity contribution >= 4 is 29.1 Å². The van der Waals surface area contributed by atoms with Gasteiger partial charge in [0.25, 0.3) is 0 Å². The van der Waals surface area contributed by atoms with E-state index >= 15 is 0 Å². The molecule has 0 unspecified atom stereocenters. The van der Waals surface area contributed by atoms with Gasteiger partial charge in [-0.3, -0.25) is 9.59 Å². The van der Waals surface area contributed by atoms with Crippen LogP contribution >= 0.6 is 0 Å². The van der Waals surface area contributed by atoms with Gasteiger partial charge in [0.15, 0.2) is 5.75 Å². The van der Waals surface area contributed by atoms with Crippen LogP contribution in [-0.2, 0) is 14.3 Å². The fourth-order valence-corrected chi connectivity index (χ4v) is 3.38. The van der Waals surface area contributed by atoms with Crippen LogP contribution in [0.15, 0.2) is 47.5 Å². The summed E-state index contributed by atoms with van der Waals surface area (Å²) >= 11 is 0. The van der Waals surface area contributed by atoms with Crippen molar-refractivity contribution in [2.75, 3.05) is 25.5 Å². The number of fused-ring (bicyclic) bond motifs is 2. The van der Waals surface area contributed by atoms with Gasteiger partial charge in [0.1, 0.15) is 23.7 Å². The van der Waals surface area contributed by atoms with E-state index in [1.54, 1.807) is 6.07 Å². The fraction of sp³-hybridized carbons (Fsp3) is 0.286. The van der Waals surface area contributed by atoms with Gasteiger partial charge in [-0.15, -0.1) is 0 Å². The van der Waals surface area contributed by atoms with Gasteiger partial charge in [-0.1, -0.05) is 12.1 Å². The molecule has 0 spiro atoms. The van der Waals surface area contributed by atoms with Crippen molar-refractivity contribution in [1.82, 2.24) is 4.90 Å². The predicted molar refractivity (Wildman–Crippen MR) is 105 cm³/mol. The molecule has 2 aliphatic heterocycles. The van der Waals surface area contributed by atoms with Crippen LogP contribution in [0.4, 0.5) is 11.4 Å². The Balaban J connectivity index is 1.70. The molecule has 1 N–H and O–H groups in total. The lowest BCUT2D eigenvalue weighted by molar-refractivity contribution is -0.142. The number of carbonyl (C=O) groups excluding carboxylic acids is 2. The lowest BCUT2D eigenvalue weighted by atomic mass is 10.1. The Labute approximate surface area is 163 Å². The number of hydrogen-bond donors (Lipinski definition) is 1. The zero-order chi connectivity index (χ0) is 19.5. The maximum Gasteiger partial charge on any atom is 0.315 e. The topological polar surface area (TPSA) is 80.2 Å². The molecule has 1 fully saturated rings. The highest BCUT2D eigenvalue weighted by Crippen LogP contribution is 2.39. The number of carbonyl (C=O) groups is 2. The monoisotopic (exact) mass is 379 g/mol. The standard InChI is InChI=1S/C21H21N3O4/c1-27-20(26)13-19(25)22-14-8-9-17-15(12-14)21(24-10-4-5-11-24)23-16-6-2-3-7-18(16)28-17/h2-3,6-9,12H,4-5,10-11,13H2,1H3,(H,22,25). The molecule has 0 radical (unpaired) electrons. The first-order valence-electron chi connectivity index (χ1n) is 9.25. The number of methoxy groups -OCH3 is 1. The van der Waals surface area contributed by atoms with E-state index < -0.39 is 11.9 Å². The van der Waals surface area contributed by atoms with Gasteiger partial charge in [-0.25, -0.2) is 4.99 Å². The second-order valence-corrected chi connectivity index (χ2v) is 6.71. The van der Waals surface area contributed by atoms with Crippen molar-refractivity contribution in [2.45, 2.75) is 19.3 Å². The molecule has 1 saturated heterocycles. The number of amidine groups is 1. The Bertz CT molecular complexity index is 948. The first-order valence-corrected chi connectivity index (χ1v) is 9.25. The van der Waals surface area contributed by atoms with Crippen LogP contribution in [0.1, 0.15) is 24.8 Å². The molecule has 0 bridgehead atoms. The third-order valence-electron chi connectivity index (χ3n) is 4.75. The molecule has 2 aromatic rings. The van der Waals surface area contributed by atoms with Crippen molar-refractivity contribution in [1.29, 1.82) is 0 Å². The molecule has 1 amide bonds. The molecule has 2 aliphatic rings. The van der Waals surface area contributed by atoms with E-state index in [1.165, 1.54) is 7.11 Å². The van der Waals surface area contributed by atoms with E-state index in [4.69, 9.17) is 9.73 Å². The van der Waals surface area contributed by atoms with Crippen molar-refractivity contribution in [3.05, 3.63) is 48.0 Å². The van der Waals surface area contributed by atoms with Gasteiger partial charge in [0.05, 0.1) is 12.7 Å². The second-order valence-electron chi connectivity index (χ2n) is 6.71. The minimum atomic E-state index is -0.578. The van der Waals surface area contributed by atoms with Gasteiger partial charge in [-0.2, -0.15) is 0 Å². The number of nitrogens with one attached hydrogen (secondary N) is 1. The quantitative estimate of drug-likeness (QED) is 0.652. The van der Waals surface area contributed by atoms with Gasteiger partial charge in [-0.05, 0) is 43.2 Å². The minimum Gasteiger partial charge on any atom is -0.469 e. The zero-order valence-electron chi connectivity index (χ0n) is 15.6. The summed E-state index contributed by atoms with van der Waals surface area (Å²) in [5, 5.41) is 2.74. The van der Waals surface area contributed by atoms with Crippen molar-refractivity contribution in [3.8, 4) is 11.5 Å². The van der Waals surface area contributed by atoms with Crippen LogP contribution in [0.25, 0.3) is 0 Å². The summed E-state index contributed by atoms with van der Waals surface area (Å²) in [4.78, 5) is 30.5. The maximum absolute atomic E-state index is 12.1. The summed E-state index contributed by atoms with van der Waals surface area (Å²) in [5.74, 6) is 1.21. The molecule has 0 saturated carbocycles. The second kappa shape index (κ2) is 7.72.